The fraction of sp³-hybridized carbons (Fsp3) is 0.409. The summed E-state index contributed by atoms with van der Waals surface area (Å²) < 4.78 is 40.8. The summed E-state index contributed by atoms with van der Waals surface area (Å²) in [7, 11) is -3.73. The van der Waals surface area contributed by atoms with Crippen LogP contribution in [0.1, 0.15) is 43.7 Å². The van der Waals surface area contributed by atoms with Crippen LogP contribution in [0.4, 0.5) is 10.1 Å². The fourth-order valence-corrected chi connectivity index (χ4v) is 5.61. The van der Waals surface area contributed by atoms with Gasteiger partial charge in [-0.15, -0.1) is 0 Å². The average Bonchev–Trinajstić information content (AvgIpc) is 2.71. The molecule has 1 N–H and O–H groups in total. The second-order valence-electron chi connectivity index (χ2n) is 7.86. The van der Waals surface area contributed by atoms with E-state index in [9.17, 15) is 17.6 Å². The van der Waals surface area contributed by atoms with E-state index in [1.165, 1.54) is 22.5 Å². The molecule has 1 fully saturated rings. The summed E-state index contributed by atoms with van der Waals surface area (Å²) >= 11 is 5.98. The lowest BCUT2D eigenvalue weighted by molar-refractivity contribution is -0.120. The number of benzene rings is 2. The second-order valence-corrected chi connectivity index (χ2v) is 10.2. The number of amides is 1. The molecule has 1 amide bonds. The number of halogens is 2. The van der Waals surface area contributed by atoms with Gasteiger partial charge < -0.3 is 5.32 Å². The third-order valence-corrected chi connectivity index (χ3v) is 7.61. The zero-order chi connectivity index (χ0) is 21.9. The first-order valence-corrected chi connectivity index (χ1v) is 12.0. The molecule has 5 nitrogen and oxygen atoms in total. The molecule has 2 aromatic rings. The summed E-state index contributed by atoms with van der Waals surface area (Å²) in [6, 6.07) is 11.8. The molecule has 0 bridgehead atoms. The normalized spacial score (nSPS) is 16.0. The number of sulfonamides is 1. The van der Waals surface area contributed by atoms with Crippen LogP contribution < -0.4 is 5.32 Å². The van der Waals surface area contributed by atoms with Crippen LogP contribution in [0.15, 0.2) is 42.5 Å². The van der Waals surface area contributed by atoms with Crippen molar-refractivity contribution in [1.29, 1.82) is 0 Å². The molecule has 1 heterocycles. The molecule has 0 atom stereocenters. The second kappa shape index (κ2) is 9.45. The van der Waals surface area contributed by atoms with E-state index in [4.69, 9.17) is 11.6 Å². The molecule has 1 saturated heterocycles. The molecule has 0 unspecified atom stereocenters. The van der Waals surface area contributed by atoms with Gasteiger partial charge in [-0.1, -0.05) is 49.7 Å². The first-order chi connectivity index (χ1) is 14.2. The summed E-state index contributed by atoms with van der Waals surface area (Å²) in [4.78, 5) is 12.7. The molecule has 0 aliphatic carbocycles. The van der Waals surface area contributed by atoms with Gasteiger partial charge in [0.25, 0.3) is 0 Å². The number of hydrogen-bond donors (Lipinski definition) is 1. The van der Waals surface area contributed by atoms with Gasteiger partial charge >= 0.3 is 0 Å². The Morgan fingerprint density at radius 2 is 1.83 bits per heavy atom. The highest BCUT2D eigenvalue weighted by Gasteiger charge is 2.32. The fourth-order valence-electron chi connectivity index (χ4n) is 3.69. The van der Waals surface area contributed by atoms with E-state index in [2.05, 4.69) is 19.2 Å². The van der Waals surface area contributed by atoms with Crippen LogP contribution >= 0.6 is 11.6 Å². The van der Waals surface area contributed by atoms with Crippen molar-refractivity contribution < 1.29 is 17.6 Å². The Balaban J connectivity index is 1.62. The molecule has 0 aromatic heterocycles. The highest BCUT2D eigenvalue weighted by atomic mass is 35.5. The van der Waals surface area contributed by atoms with Crippen molar-refractivity contribution in [2.45, 2.75) is 38.4 Å². The molecule has 2 aromatic carbocycles. The number of anilines is 1. The van der Waals surface area contributed by atoms with E-state index in [0.717, 1.165) is 11.3 Å². The maximum absolute atomic E-state index is 14.0. The van der Waals surface area contributed by atoms with Crippen molar-refractivity contribution in [1.82, 2.24) is 4.31 Å². The average molecular weight is 453 g/mol. The number of nitrogens with one attached hydrogen (secondary N) is 1. The number of rotatable bonds is 6. The number of nitrogens with zero attached hydrogens (tertiary/aromatic N) is 1. The smallest absolute Gasteiger partial charge is 0.227 e. The van der Waals surface area contributed by atoms with Crippen LogP contribution in [0, 0.1) is 11.7 Å². The van der Waals surface area contributed by atoms with Gasteiger partial charge in [0, 0.05) is 35.3 Å². The van der Waals surface area contributed by atoms with Gasteiger partial charge in [-0.2, -0.15) is 0 Å². The van der Waals surface area contributed by atoms with Gasteiger partial charge in [-0.3, -0.25) is 4.79 Å². The molecule has 0 radical (unpaired) electrons. The third-order valence-electron chi connectivity index (χ3n) is 5.45. The molecule has 1 aliphatic rings. The lowest BCUT2D eigenvalue weighted by atomic mass is 9.96. The Labute approximate surface area is 182 Å². The first-order valence-electron chi connectivity index (χ1n) is 9.99. The van der Waals surface area contributed by atoms with E-state index < -0.39 is 21.6 Å². The van der Waals surface area contributed by atoms with Crippen LogP contribution in [0.25, 0.3) is 0 Å². The van der Waals surface area contributed by atoms with E-state index in [0.29, 0.717) is 12.8 Å². The van der Waals surface area contributed by atoms with Crippen LogP contribution in [0.3, 0.4) is 0 Å². The largest absolute Gasteiger partial charge is 0.326 e. The van der Waals surface area contributed by atoms with Gasteiger partial charge in [0.2, 0.25) is 15.9 Å². The lowest BCUT2D eigenvalue weighted by Gasteiger charge is -2.31. The molecule has 0 spiro atoms. The standard InChI is InChI=1S/C22H26ClFN2O3S/c1-15(2)17-6-3-4-9-21(17)25-22(27)16-10-12-26(13-11-16)30(28,29)14-18-19(23)7-5-8-20(18)24/h3-9,15-16H,10-14H2,1-2H3,(H,25,27). The van der Waals surface area contributed by atoms with Crippen molar-refractivity contribution >= 4 is 33.2 Å². The monoisotopic (exact) mass is 452 g/mol. The number of hydrogen-bond acceptors (Lipinski definition) is 3. The van der Waals surface area contributed by atoms with Gasteiger partial charge in [-0.25, -0.2) is 17.1 Å². The van der Waals surface area contributed by atoms with E-state index in [1.807, 2.05) is 24.3 Å². The van der Waals surface area contributed by atoms with Crippen LogP contribution in [-0.4, -0.2) is 31.7 Å². The summed E-state index contributed by atoms with van der Waals surface area (Å²) in [5.41, 5.74) is 1.83. The molecular formula is C22H26ClFN2O3S. The molecule has 0 saturated carbocycles. The van der Waals surface area contributed by atoms with E-state index >= 15 is 0 Å². The Kier molecular flexibility index (Phi) is 7.16. The Hall–Kier alpha value is -1.96. The minimum Gasteiger partial charge on any atom is -0.326 e. The highest BCUT2D eigenvalue weighted by Crippen LogP contribution is 2.28. The predicted molar refractivity (Wildman–Crippen MR) is 117 cm³/mol. The number of para-hydroxylation sites is 1. The number of carbonyl (C=O) groups excluding carboxylic acids is 1. The minimum absolute atomic E-state index is 0.0238. The summed E-state index contributed by atoms with van der Waals surface area (Å²) in [5.74, 6) is -1.22. The Morgan fingerprint density at radius 1 is 1.17 bits per heavy atom. The van der Waals surface area contributed by atoms with Crippen LogP contribution in [-0.2, 0) is 20.6 Å². The quantitative estimate of drug-likeness (QED) is 0.685. The SMILES string of the molecule is CC(C)c1ccccc1NC(=O)C1CCN(S(=O)(=O)Cc2c(F)cccc2Cl)CC1. The zero-order valence-corrected chi connectivity index (χ0v) is 18.6. The third kappa shape index (κ3) is 5.20. The predicted octanol–water partition coefficient (Wildman–Crippen LogP) is 4.78. The van der Waals surface area contributed by atoms with Crippen LogP contribution in [0.5, 0.6) is 0 Å². The molecular weight excluding hydrogens is 427 g/mol. The highest BCUT2D eigenvalue weighted by molar-refractivity contribution is 7.88. The number of carbonyl (C=O) groups is 1. The van der Waals surface area contributed by atoms with Gasteiger partial charge in [0.15, 0.2) is 0 Å². The van der Waals surface area contributed by atoms with Crippen molar-refractivity contribution in [2.75, 3.05) is 18.4 Å². The molecule has 162 valence electrons. The van der Waals surface area contributed by atoms with E-state index in [1.54, 1.807) is 0 Å². The van der Waals surface area contributed by atoms with Crippen molar-refractivity contribution in [3.05, 3.63) is 64.4 Å². The van der Waals surface area contributed by atoms with Crippen LogP contribution in [0.2, 0.25) is 5.02 Å². The van der Waals surface area contributed by atoms with Gasteiger partial charge in [-0.05, 0) is 42.5 Å². The molecule has 3 rings (SSSR count). The van der Waals surface area contributed by atoms with Crippen molar-refractivity contribution in [3.63, 3.8) is 0 Å². The van der Waals surface area contributed by atoms with Gasteiger partial charge in [0.05, 0.1) is 5.75 Å². The molecule has 8 heteroatoms. The lowest BCUT2D eigenvalue weighted by Crippen LogP contribution is -2.42. The maximum atomic E-state index is 14.0. The van der Waals surface area contributed by atoms with Gasteiger partial charge in [0.1, 0.15) is 5.82 Å². The summed E-state index contributed by atoms with van der Waals surface area (Å²) in [6.45, 7) is 4.57. The summed E-state index contributed by atoms with van der Waals surface area (Å²) in [5, 5.41) is 3.09. The number of piperidine rings is 1. The zero-order valence-electron chi connectivity index (χ0n) is 17.1. The Morgan fingerprint density at radius 3 is 2.47 bits per heavy atom. The molecule has 30 heavy (non-hydrogen) atoms. The maximum Gasteiger partial charge on any atom is 0.227 e. The first kappa shape index (κ1) is 22.7. The topological polar surface area (TPSA) is 66.5 Å². The van der Waals surface area contributed by atoms with E-state index in [-0.39, 0.29) is 41.4 Å². The Bertz CT molecular complexity index is 999. The van der Waals surface area contributed by atoms with Crippen molar-refractivity contribution in [3.8, 4) is 0 Å². The minimum atomic E-state index is -3.73. The summed E-state index contributed by atoms with van der Waals surface area (Å²) in [6.07, 6.45) is 0.833. The molecule has 1 aliphatic heterocycles. The van der Waals surface area contributed by atoms with Crippen molar-refractivity contribution in [2.24, 2.45) is 5.92 Å².